The molecule has 0 radical (unpaired) electrons. The summed E-state index contributed by atoms with van der Waals surface area (Å²) in [6, 6.07) is 0. The lowest BCUT2D eigenvalue weighted by atomic mass is 10.3. The maximum atomic E-state index is 4.18. The van der Waals surface area contributed by atoms with Crippen molar-refractivity contribution in [3.8, 4) is 0 Å². The Balaban J connectivity index is 0.000000396. The molecule has 0 N–H and O–H groups in total. The van der Waals surface area contributed by atoms with E-state index in [0.29, 0.717) is 0 Å². The number of nitrogens with zero attached hydrogens (tertiary/aromatic N) is 2. The van der Waals surface area contributed by atoms with E-state index in [4.69, 9.17) is 0 Å². The summed E-state index contributed by atoms with van der Waals surface area (Å²) >= 11 is 1.60. The zero-order valence-corrected chi connectivity index (χ0v) is 8.85. The lowest BCUT2D eigenvalue weighted by molar-refractivity contribution is 1.31. The highest BCUT2D eigenvalue weighted by Crippen LogP contribution is 1.89. The van der Waals surface area contributed by atoms with Gasteiger partial charge in [-0.3, -0.25) is 0 Å². The Kier molecular flexibility index (Phi) is 3.62. The summed E-state index contributed by atoms with van der Waals surface area (Å²) in [6.07, 6.45) is 3.78. The maximum absolute atomic E-state index is 4.18. The average molecular weight is 192 g/mol. The van der Waals surface area contributed by atoms with Crippen molar-refractivity contribution in [1.82, 2.24) is 4.98 Å². The molecule has 0 aliphatic carbocycles. The first-order valence-corrected chi connectivity index (χ1v) is 5.15. The van der Waals surface area contributed by atoms with Gasteiger partial charge in [-0.05, 0) is 18.9 Å². The summed E-state index contributed by atoms with van der Waals surface area (Å²) in [6.45, 7) is 5.96. The summed E-state index contributed by atoms with van der Waals surface area (Å²) in [5.74, 6) is 2.87. The molecule has 0 amide bonds. The highest BCUT2D eigenvalue weighted by Gasteiger charge is 1.91. The van der Waals surface area contributed by atoms with Crippen molar-refractivity contribution in [3.63, 3.8) is 0 Å². The van der Waals surface area contributed by atoms with Gasteiger partial charge in [0.1, 0.15) is 0 Å². The fraction of sp³-hybridized carbons (Fsp3) is 0.300. The molecule has 2 nitrogen and oxygen atoms in total. The Morgan fingerprint density at radius 1 is 1.38 bits per heavy atom. The molecule has 0 saturated carbocycles. The van der Waals surface area contributed by atoms with Crippen LogP contribution in [-0.2, 0) is 0 Å². The first-order chi connectivity index (χ1) is 6.36. The molecule has 0 spiro atoms. The molecule has 2 rings (SSSR count). The highest BCUT2D eigenvalue weighted by molar-refractivity contribution is 7.07. The van der Waals surface area contributed by atoms with E-state index in [9.17, 15) is 0 Å². The van der Waals surface area contributed by atoms with Crippen LogP contribution in [0.4, 0.5) is 0 Å². The van der Waals surface area contributed by atoms with Crippen LogP contribution in [0.5, 0.6) is 0 Å². The molecule has 0 fully saturated rings. The average Bonchev–Trinajstić information content (AvgIpc) is 2.50. The van der Waals surface area contributed by atoms with E-state index in [1.54, 1.807) is 17.5 Å². The summed E-state index contributed by atoms with van der Waals surface area (Å²) in [4.78, 5) is 8.17. The van der Waals surface area contributed by atoms with Crippen LogP contribution in [0.3, 0.4) is 0 Å². The number of rotatable bonds is 0. The normalized spacial score (nSPS) is 12.4. The Labute approximate surface area is 81.7 Å². The predicted octanol–water partition coefficient (Wildman–Crippen LogP) is 1.32. The zero-order valence-electron chi connectivity index (χ0n) is 8.03. The minimum absolute atomic E-state index is 1.00. The van der Waals surface area contributed by atoms with Crippen LogP contribution in [0.15, 0.2) is 16.1 Å². The first kappa shape index (κ1) is 9.90. The second-order valence-corrected chi connectivity index (χ2v) is 3.19. The van der Waals surface area contributed by atoms with Crippen molar-refractivity contribution < 1.29 is 0 Å². The van der Waals surface area contributed by atoms with Gasteiger partial charge in [0.05, 0.1) is 21.6 Å². The second-order valence-electron chi connectivity index (χ2n) is 2.30. The molecular weight excluding hydrogens is 180 g/mol. The molecule has 13 heavy (non-hydrogen) atoms. The molecule has 0 atom stereocenters. The smallest absolute Gasteiger partial charge is 0.0837 e. The van der Waals surface area contributed by atoms with E-state index in [1.807, 2.05) is 32.4 Å². The van der Waals surface area contributed by atoms with Gasteiger partial charge in [0.25, 0.3) is 0 Å². The number of fused-ring (bicyclic) bond motifs is 1. The van der Waals surface area contributed by atoms with Crippen molar-refractivity contribution in [2.75, 3.05) is 0 Å². The van der Waals surface area contributed by atoms with Gasteiger partial charge in [0.15, 0.2) is 0 Å². The van der Waals surface area contributed by atoms with E-state index >= 15 is 0 Å². The first-order valence-electron chi connectivity index (χ1n) is 4.27. The second kappa shape index (κ2) is 4.75. The van der Waals surface area contributed by atoms with Gasteiger partial charge in [-0.15, -0.1) is 11.3 Å². The van der Waals surface area contributed by atoms with Crippen LogP contribution < -0.4 is 9.88 Å². The Morgan fingerprint density at radius 2 is 2.15 bits per heavy atom. The third-order valence-corrected chi connectivity index (χ3v) is 2.18. The molecule has 0 aromatic carbocycles. The summed E-state index contributed by atoms with van der Waals surface area (Å²) in [5.41, 5.74) is 2.84. The molecule has 3 heteroatoms. The number of thiazole rings is 1. The fourth-order valence-corrected chi connectivity index (χ4v) is 1.52. The Bertz CT molecular complexity index is 448. The van der Waals surface area contributed by atoms with Gasteiger partial charge in [0, 0.05) is 5.57 Å². The van der Waals surface area contributed by atoms with E-state index in [0.717, 1.165) is 15.5 Å². The monoisotopic (exact) mass is 192 g/mol. The van der Waals surface area contributed by atoms with Gasteiger partial charge in [-0.25, -0.2) is 9.98 Å². The van der Waals surface area contributed by atoms with Gasteiger partial charge >= 0.3 is 0 Å². The van der Waals surface area contributed by atoms with E-state index in [1.165, 1.54) is 0 Å². The van der Waals surface area contributed by atoms with E-state index < -0.39 is 0 Å². The molecule has 0 unspecified atom stereocenters. The minimum Gasteiger partial charge on any atom is -0.245 e. The summed E-state index contributed by atoms with van der Waals surface area (Å²) in [5, 5.41) is 1.00. The third kappa shape index (κ3) is 2.38. The van der Waals surface area contributed by atoms with Crippen molar-refractivity contribution in [2.24, 2.45) is 4.99 Å². The molecule has 1 aliphatic rings. The molecule has 1 aromatic heterocycles. The fourth-order valence-electron chi connectivity index (χ4n) is 0.899. The van der Waals surface area contributed by atoms with Crippen LogP contribution in [0.1, 0.15) is 20.8 Å². The summed E-state index contributed by atoms with van der Waals surface area (Å²) < 4.78 is 1.11. The van der Waals surface area contributed by atoms with Gasteiger partial charge in [-0.1, -0.05) is 13.8 Å². The predicted molar refractivity (Wildman–Crippen MR) is 58.3 cm³/mol. The number of aromatic nitrogens is 1. The van der Waals surface area contributed by atoms with Crippen LogP contribution in [-0.4, -0.2) is 10.9 Å². The van der Waals surface area contributed by atoms with Crippen LogP contribution in [0.25, 0.3) is 12.3 Å². The van der Waals surface area contributed by atoms with E-state index in [2.05, 4.69) is 15.8 Å². The molecule has 2 heterocycles. The lowest BCUT2D eigenvalue weighted by Crippen LogP contribution is -2.19. The number of hydrogen-bond acceptors (Lipinski definition) is 3. The van der Waals surface area contributed by atoms with Crippen molar-refractivity contribution in [2.45, 2.75) is 20.8 Å². The SMILES string of the molecule is CC.CC1=C=NC=c2scnc2=C1. The topological polar surface area (TPSA) is 25.2 Å². The zero-order chi connectivity index (χ0) is 9.68. The quantitative estimate of drug-likeness (QED) is 0.608. The van der Waals surface area contributed by atoms with Gasteiger partial charge in [0.2, 0.25) is 0 Å². The molecular formula is C10H12N2S. The lowest BCUT2D eigenvalue weighted by Gasteiger charge is -1.76. The van der Waals surface area contributed by atoms with Crippen molar-refractivity contribution in [3.05, 3.63) is 21.0 Å². The number of allylic oxidation sites excluding steroid dienone is 1. The molecule has 0 bridgehead atoms. The molecule has 0 saturated heterocycles. The van der Waals surface area contributed by atoms with Gasteiger partial charge in [-0.2, -0.15) is 0 Å². The highest BCUT2D eigenvalue weighted by atomic mass is 32.1. The Morgan fingerprint density at radius 3 is 2.92 bits per heavy atom. The largest absolute Gasteiger partial charge is 0.245 e. The van der Waals surface area contributed by atoms with E-state index in [-0.39, 0.29) is 0 Å². The van der Waals surface area contributed by atoms with Crippen molar-refractivity contribution in [1.29, 1.82) is 0 Å². The maximum Gasteiger partial charge on any atom is 0.0837 e. The van der Waals surface area contributed by atoms with Crippen LogP contribution >= 0.6 is 11.3 Å². The molecule has 1 aliphatic heterocycles. The Hall–Kier alpha value is -1.18. The number of hydrogen-bond donors (Lipinski definition) is 0. The number of aliphatic imine (C=N–C) groups is 1. The van der Waals surface area contributed by atoms with Gasteiger partial charge < -0.3 is 0 Å². The van der Waals surface area contributed by atoms with Crippen molar-refractivity contribution >= 4 is 29.5 Å². The van der Waals surface area contributed by atoms with Crippen LogP contribution in [0, 0.1) is 0 Å². The molecule has 68 valence electrons. The van der Waals surface area contributed by atoms with Crippen LogP contribution in [0.2, 0.25) is 0 Å². The standard InChI is InChI=1S/C8H6N2S.C2H6/c1-6-2-7-8(4-9-3-6)11-5-10-7;1-2/h2,4-5H,1H3;1-2H3. The minimum atomic E-state index is 1.00. The molecule has 1 aromatic rings. The third-order valence-electron chi connectivity index (χ3n) is 1.40. The summed E-state index contributed by atoms with van der Waals surface area (Å²) in [7, 11) is 0.